The van der Waals surface area contributed by atoms with Crippen molar-refractivity contribution in [2.45, 2.75) is 6.92 Å². The van der Waals surface area contributed by atoms with Gasteiger partial charge in [0.05, 0.1) is 17.7 Å². The van der Waals surface area contributed by atoms with Gasteiger partial charge in [-0.05, 0) is 28.9 Å². The molecule has 0 radical (unpaired) electrons. The third-order valence-electron chi connectivity index (χ3n) is 2.01. The van der Waals surface area contributed by atoms with Crippen molar-refractivity contribution in [1.82, 2.24) is 4.98 Å². The van der Waals surface area contributed by atoms with Crippen molar-refractivity contribution in [1.29, 1.82) is 0 Å². The molecule has 0 aliphatic carbocycles. The summed E-state index contributed by atoms with van der Waals surface area (Å²) in [5.41, 5.74) is 6.36. The van der Waals surface area contributed by atoms with Crippen LogP contribution in [0.1, 0.15) is 17.5 Å². The second kappa shape index (κ2) is 4.13. The summed E-state index contributed by atoms with van der Waals surface area (Å²) in [7, 11) is 0. The minimum atomic E-state index is -0.575. The zero-order valence-corrected chi connectivity index (χ0v) is 10.1. The first-order valence-electron chi connectivity index (χ1n) is 4.64. The van der Waals surface area contributed by atoms with Crippen LogP contribution < -0.4 is 5.73 Å². The zero-order chi connectivity index (χ0) is 11.7. The van der Waals surface area contributed by atoms with Crippen molar-refractivity contribution in [2.24, 2.45) is 0 Å². The molecule has 2 aromatic rings. The van der Waals surface area contributed by atoms with Gasteiger partial charge in [-0.3, -0.25) is 0 Å². The molecule has 0 bridgehead atoms. The molecule has 0 aliphatic heterocycles. The summed E-state index contributed by atoms with van der Waals surface area (Å²) in [6.45, 7) is 1.98. The Balaban J connectivity index is 2.56. The number of pyridine rings is 1. The molecule has 0 fully saturated rings. The smallest absolute Gasteiger partial charge is 0.376 e. The van der Waals surface area contributed by atoms with Gasteiger partial charge in [-0.1, -0.05) is 0 Å². The first-order valence-corrected chi connectivity index (χ1v) is 5.43. The zero-order valence-electron chi connectivity index (χ0n) is 8.49. The van der Waals surface area contributed by atoms with Gasteiger partial charge < -0.3 is 14.9 Å². The molecular weight excluding hydrogens is 276 g/mol. The van der Waals surface area contributed by atoms with Crippen LogP contribution in [0.2, 0.25) is 0 Å². The van der Waals surface area contributed by atoms with E-state index in [0.29, 0.717) is 11.1 Å². The highest BCUT2D eigenvalue weighted by Gasteiger charge is 2.20. The molecule has 0 amide bonds. The van der Waals surface area contributed by atoms with E-state index in [1.165, 1.54) is 0 Å². The number of halogens is 1. The molecule has 0 spiro atoms. The first-order chi connectivity index (χ1) is 7.63. The van der Waals surface area contributed by atoms with Crippen molar-refractivity contribution in [3.63, 3.8) is 0 Å². The van der Waals surface area contributed by atoms with Gasteiger partial charge in [0.1, 0.15) is 0 Å². The first kappa shape index (κ1) is 10.9. The predicted octanol–water partition coefficient (Wildman–Crippen LogP) is 2.35. The summed E-state index contributed by atoms with van der Waals surface area (Å²) in [6, 6.07) is 1.74. The number of aromatic nitrogens is 1. The summed E-state index contributed by atoms with van der Waals surface area (Å²) >= 11 is 3.27. The Labute approximate surface area is 99.7 Å². The van der Waals surface area contributed by atoms with Crippen molar-refractivity contribution < 1.29 is 13.9 Å². The average molecular weight is 285 g/mol. The monoisotopic (exact) mass is 284 g/mol. The highest BCUT2D eigenvalue weighted by atomic mass is 79.9. The number of esters is 1. The Morgan fingerprint density at radius 2 is 2.44 bits per heavy atom. The minimum absolute atomic E-state index is 0.00227. The van der Waals surface area contributed by atoms with E-state index in [9.17, 15) is 4.79 Å². The van der Waals surface area contributed by atoms with Crippen LogP contribution in [0.4, 0.5) is 5.69 Å². The number of hydrogen-bond donors (Lipinski definition) is 1. The number of hydrogen-bond acceptors (Lipinski definition) is 5. The van der Waals surface area contributed by atoms with Gasteiger partial charge in [0.2, 0.25) is 11.5 Å². The standard InChI is InChI=1S/C10H9BrN2O3/c1-2-15-10(14)8-7(12)6-3-5(11)4-13-9(6)16-8/h3-4H,2,12H2,1H3. The molecule has 2 aromatic heterocycles. The molecule has 2 N–H and O–H groups in total. The van der Waals surface area contributed by atoms with E-state index in [0.717, 1.165) is 4.47 Å². The Hall–Kier alpha value is -1.56. The second-order valence-electron chi connectivity index (χ2n) is 3.07. The molecule has 2 heterocycles. The van der Waals surface area contributed by atoms with Crippen molar-refractivity contribution in [2.75, 3.05) is 12.3 Å². The Kier molecular flexibility index (Phi) is 2.82. The number of carbonyl (C=O) groups is 1. The van der Waals surface area contributed by atoms with E-state index in [2.05, 4.69) is 20.9 Å². The number of anilines is 1. The summed E-state index contributed by atoms with van der Waals surface area (Å²) in [6.07, 6.45) is 1.57. The van der Waals surface area contributed by atoms with Gasteiger partial charge in [0, 0.05) is 10.7 Å². The van der Waals surface area contributed by atoms with Crippen LogP contribution in [0, 0.1) is 0 Å². The lowest BCUT2D eigenvalue weighted by molar-refractivity contribution is 0.0494. The molecule has 0 saturated carbocycles. The maximum absolute atomic E-state index is 11.5. The number of carbonyl (C=O) groups excluding carboxylic acids is 1. The fourth-order valence-corrected chi connectivity index (χ4v) is 1.65. The highest BCUT2D eigenvalue weighted by Crippen LogP contribution is 2.29. The molecule has 84 valence electrons. The van der Waals surface area contributed by atoms with E-state index >= 15 is 0 Å². The molecule has 0 unspecified atom stereocenters. The van der Waals surface area contributed by atoms with Crippen LogP contribution in [0.25, 0.3) is 11.1 Å². The van der Waals surface area contributed by atoms with E-state index < -0.39 is 5.97 Å². The Morgan fingerprint density at radius 1 is 1.69 bits per heavy atom. The quantitative estimate of drug-likeness (QED) is 0.857. The fourth-order valence-electron chi connectivity index (χ4n) is 1.32. The van der Waals surface area contributed by atoms with Gasteiger partial charge in [-0.2, -0.15) is 0 Å². The molecule has 2 rings (SSSR count). The van der Waals surface area contributed by atoms with E-state index in [1.807, 2.05) is 0 Å². The van der Waals surface area contributed by atoms with Gasteiger partial charge >= 0.3 is 5.97 Å². The number of furan rings is 1. The fraction of sp³-hybridized carbons (Fsp3) is 0.200. The summed E-state index contributed by atoms with van der Waals surface area (Å²) in [4.78, 5) is 15.5. The number of nitrogen functional groups attached to an aromatic ring is 1. The van der Waals surface area contributed by atoms with Crippen LogP contribution >= 0.6 is 15.9 Å². The SMILES string of the molecule is CCOC(=O)c1oc2ncc(Br)cc2c1N. The molecule has 0 saturated heterocycles. The van der Waals surface area contributed by atoms with Gasteiger partial charge in [-0.15, -0.1) is 0 Å². The summed E-state index contributed by atoms with van der Waals surface area (Å²) < 4.78 is 10.8. The maximum Gasteiger partial charge on any atom is 0.376 e. The van der Waals surface area contributed by atoms with Crippen LogP contribution in [0.15, 0.2) is 21.2 Å². The van der Waals surface area contributed by atoms with E-state index in [-0.39, 0.29) is 18.1 Å². The number of rotatable bonds is 2. The highest BCUT2D eigenvalue weighted by molar-refractivity contribution is 9.10. The molecule has 0 atom stereocenters. The lowest BCUT2D eigenvalue weighted by atomic mass is 10.3. The minimum Gasteiger partial charge on any atom is -0.460 e. The van der Waals surface area contributed by atoms with Gasteiger partial charge in [0.25, 0.3) is 0 Å². The van der Waals surface area contributed by atoms with Crippen molar-refractivity contribution in [3.05, 3.63) is 22.5 Å². The third-order valence-corrected chi connectivity index (χ3v) is 2.45. The van der Waals surface area contributed by atoms with Crippen molar-refractivity contribution >= 4 is 38.7 Å². The number of fused-ring (bicyclic) bond motifs is 1. The number of ether oxygens (including phenoxy) is 1. The molecule has 16 heavy (non-hydrogen) atoms. The summed E-state index contributed by atoms with van der Waals surface area (Å²) in [5, 5.41) is 0.595. The summed E-state index contributed by atoms with van der Waals surface area (Å²) in [5.74, 6) is -0.573. The molecular formula is C10H9BrN2O3. The Morgan fingerprint density at radius 3 is 3.12 bits per heavy atom. The normalized spacial score (nSPS) is 10.6. The van der Waals surface area contributed by atoms with E-state index in [1.54, 1.807) is 19.2 Å². The van der Waals surface area contributed by atoms with Crippen LogP contribution in [0.5, 0.6) is 0 Å². The maximum atomic E-state index is 11.5. The average Bonchev–Trinajstić information content (AvgIpc) is 2.57. The predicted molar refractivity (Wildman–Crippen MR) is 62.1 cm³/mol. The molecule has 0 aromatic carbocycles. The number of nitrogens with two attached hydrogens (primary N) is 1. The largest absolute Gasteiger partial charge is 0.460 e. The molecule has 0 aliphatic rings. The lowest BCUT2D eigenvalue weighted by Crippen LogP contribution is -2.05. The van der Waals surface area contributed by atoms with Crippen LogP contribution in [0.3, 0.4) is 0 Å². The molecule has 6 heteroatoms. The van der Waals surface area contributed by atoms with E-state index in [4.69, 9.17) is 14.9 Å². The topological polar surface area (TPSA) is 78.3 Å². The lowest BCUT2D eigenvalue weighted by Gasteiger charge is -1.97. The molecule has 5 nitrogen and oxygen atoms in total. The third kappa shape index (κ3) is 1.76. The van der Waals surface area contributed by atoms with Gasteiger partial charge in [0.15, 0.2) is 0 Å². The van der Waals surface area contributed by atoms with Crippen molar-refractivity contribution in [3.8, 4) is 0 Å². The van der Waals surface area contributed by atoms with Crippen LogP contribution in [-0.2, 0) is 4.74 Å². The second-order valence-corrected chi connectivity index (χ2v) is 3.99. The Bertz CT molecular complexity index is 550. The van der Waals surface area contributed by atoms with Gasteiger partial charge in [-0.25, -0.2) is 9.78 Å². The number of nitrogens with zero attached hydrogens (tertiary/aromatic N) is 1. The van der Waals surface area contributed by atoms with Crippen LogP contribution in [-0.4, -0.2) is 17.6 Å².